The summed E-state index contributed by atoms with van der Waals surface area (Å²) < 4.78 is 0. The van der Waals surface area contributed by atoms with Crippen molar-refractivity contribution < 1.29 is 25.5 Å². The van der Waals surface area contributed by atoms with E-state index in [9.17, 15) is 15.3 Å². The highest BCUT2D eigenvalue weighted by molar-refractivity contribution is 4.97. The fourth-order valence-electron chi connectivity index (χ4n) is 1.70. The SMILES string of the molecule is OCC[C@H]1N[C@@H](CO)[C@H](O)[C@H](O)[C@H]1O. The molecule has 1 saturated heterocycles. The zero-order valence-corrected chi connectivity index (χ0v) is 7.74. The Kier molecular flexibility index (Phi) is 4.24. The molecule has 1 aliphatic rings. The molecular formula is C8H17NO5. The Morgan fingerprint density at radius 1 is 0.857 bits per heavy atom. The normalized spacial score (nSPS) is 43.9. The number of hydrogen-bond donors (Lipinski definition) is 6. The lowest BCUT2D eigenvalue weighted by Crippen LogP contribution is -2.65. The van der Waals surface area contributed by atoms with Crippen LogP contribution in [0.5, 0.6) is 0 Å². The molecule has 0 aromatic rings. The smallest absolute Gasteiger partial charge is 0.109 e. The van der Waals surface area contributed by atoms with Crippen molar-refractivity contribution in [2.75, 3.05) is 13.2 Å². The lowest BCUT2D eigenvalue weighted by Gasteiger charge is -2.40. The standard InChI is InChI=1S/C8H17NO5/c10-2-1-4-6(12)8(14)7(13)5(3-11)9-4/h4-14H,1-3H2/t4-,5+,6+,7+,8-/m1/s1. The second kappa shape index (κ2) is 5.01. The first-order valence-corrected chi connectivity index (χ1v) is 4.63. The molecule has 84 valence electrons. The van der Waals surface area contributed by atoms with Gasteiger partial charge in [-0.05, 0) is 6.42 Å². The van der Waals surface area contributed by atoms with E-state index in [1.54, 1.807) is 0 Å². The molecule has 6 heteroatoms. The van der Waals surface area contributed by atoms with E-state index in [1.165, 1.54) is 0 Å². The molecule has 0 aromatic heterocycles. The Bertz CT molecular complexity index is 175. The van der Waals surface area contributed by atoms with Gasteiger partial charge >= 0.3 is 0 Å². The number of piperidine rings is 1. The van der Waals surface area contributed by atoms with Crippen LogP contribution >= 0.6 is 0 Å². The maximum atomic E-state index is 9.49. The second-order valence-electron chi connectivity index (χ2n) is 3.55. The Labute approximate surface area is 81.8 Å². The van der Waals surface area contributed by atoms with Crippen molar-refractivity contribution in [2.24, 2.45) is 0 Å². The molecule has 1 aliphatic heterocycles. The molecule has 14 heavy (non-hydrogen) atoms. The molecule has 6 N–H and O–H groups in total. The van der Waals surface area contributed by atoms with Gasteiger partial charge in [0.2, 0.25) is 0 Å². The van der Waals surface area contributed by atoms with E-state index in [0.717, 1.165) is 0 Å². The van der Waals surface area contributed by atoms with Gasteiger partial charge in [-0.15, -0.1) is 0 Å². The minimum Gasteiger partial charge on any atom is -0.396 e. The zero-order valence-electron chi connectivity index (χ0n) is 7.74. The predicted molar refractivity (Wildman–Crippen MR) is 47.5 cm³/mol. The van der Waals surface area contributed by atoms with Gasteiger partial charge in [0.15, 0.2) is 0 Å². The van der Waals surface area contributed by atoms with Crippen LogP contribution in [0.25, 0.3) is 0 Å². The first-order valence-electron chi connectivity index (χ1n) is 4.63. The summed E-state index contributed by atoms with van der Waals surface area (Å²) in [6.45, 7) is -0.456. The van der Waals surface area contributed by atoms with Crippen LogP contribution in [0.2, 0.25) is 0 Å². The maximum Gasteiger partial charge on any atom is 0.109 e. The van der Waals surface area contributed by atoms with Crippen molar-refractivity contribution in [3.63, 3.8) is 0 Å². The van der Waals surface area contributed by atoms with Gasteiger partial charge in [0.25, 0.3) is 0 Å². The minimum atomic E-state index is -1.29. The van der Waals surface area contributed by atoms with Crippen LogP contribution in [-0.4, -0.2) is 69.1 Å². The first-order chi connectivity index (χ1) is 6.61. The van der Waals surface area contributed by atoms with Gasteiger partial charge < -0.3 is 30.8 Å². The molecule has 0 saturated carbocycles. The molecule has 1 fully saturated rings. The molecule has 0 unspecified atom stereocenters. The lowest BCUT2D eigenvalue weighted by atomic mass is 9.89. The highest BCUT2D eigenvalue weighted by atomic mass is 16.4. The summed E-state index contributed by atoms with van der Waals surface area (Å²) in [5.41, 5.74) is 0. The quantitative estimate of drug-likeness (QED) is 0.290. The summed E-state index contributed by atoms with van der Waals surface area (Å²) >= 11 is 0. The number of hydrogen-bond acceptors (Lipinski definition) is 6. The number of rotatable bonds is 3. The van der Waals surface area contributed by atoms with Crippen molar-refractivity contribution >= 4 is 0 Å². The maximum absolute atomic E-state index is 9.49. The van der Waals surface area contributed by atoms with E-state index < -0.39 is 30.4 Å². The van der Waals surface area contributed by atoms with Crippen LogP contribution in [0.3, 0.4) is 0 Å². The molecule has 6 nitrogen and oxygen atoms in total. The van der Waals surface area contributed by atoms with Crippen LogP contribution in [0.4, 0.5) is 0 Å². The van der Waals surface area contributed by atoms with Crippen molar-refractivity contribution in [2.45, 2.75) is 36.8 Å². The van der Waals surface area contributed by atoms with Gasteiger partial charge in [0, 0.05) is 12.6 Å². The van der Waals surface area contributed by atoms with Crippen LogP contribution in [0.1, 0.15) is 6.42 Å². The van der Waals surface area contributed by atoms with Gasteiger partial charge in [-0.1, -0.05) is 0 Å². The monoisotopic (exact) mass is 207 g/mol. The first kappa shape index (κ1) is 11.8. The van der Waals surface area contributed by atoms with E-state index in [2.05, 4.69) is 5.32 Å². The van der Waals surface area contributed by atoms with Gasteiger partial charge in [-0.3, -0.25) is 0 Å². The van der Waals surface area contributed by atoms with Gasteiger partial charge in [0.05, 0.1) is 24.9 Å². The van der Waals surface area contributed by atoms with Crippen molar-refractivity contribution in [3.8, 4) is 0 Å². The summed E-state index contributed by atoms with van der Waals surface area (Å²) in [7, 11) is 0. The fraction of sp³-hybridized carbons (Fsp3) is 1.00. The molecule has 0 radical (unpaired) electrons. The predicted octanol–water partition coefficient (Wildman–Crippen LogP) is -3.22. The Hall–Kier alpha value is -0.240. The average molecular weight is 207 g/mol. The van der Waals surface area contributed by atoms with E-state index in [0.29, 0.717) is 0 Å². The van der Waals surface area contributed by atoms with E-state index >= 15 is 0 Å². The molecule has 0 aromatic carbocycles. The molecule has 1 rings (SSSR count). The Balaban J connectivity index is 2.63. The van der Waals surface area contributed by atoms with Gasteiger partial charge in [-0.25, -0.2) is 0 Å². The molecule has 0 bridgehead atoms. The van der Waals surface area contributed by atoms with Crippen LogP contribution in [-0.2, 0) is 0 Å². The van der Waals surface area contributed by atoms with Crippen LogP contribution in [0.15, 0.2) is 0 Å². The van der Waals surface area contributed by atoms with E-state index in [1.807, 2.05) is 0 Å². The molecular weight excluding hydrogens is 190 g/mol. The van der Waals surface area contributed by atoms with Crippen LogP contribution < -0.4 is 5.32 Å². The third-order valence-electron chi connectivity index (χ3n) is 2.59. The van der Waals surface area contributed by atoms with Crippen molar-refractivity contribution in [1.82, 2.24) is 5.32 Å². The highest BCUT2D eigenvalue weighted by Gasteiger charge is 2.41. The number of nitrogens with one attached hydrogen (secondary N) is 1. The van der Waals surface area contributed by atoms with Crippen molar-refractivity contribution in [3.05, 3.63) is 0 Å². The largest absolute Gasteiger partial charge is 0.396 e. The lowest BCUT2D eigenvalue weighted by molar-refractivity contribution is -0.121. The second-order valence-corrected chi connectivity index (χ2v) is 3.55. The molecule has 0 spiro atoms. The summed E-state index contributed by atoms with van der Waals surface area (Å²) in [4.78, 5) is 0. The fourth-order valence-corrected chi connectivity index (χ4v) is 1.70. The topological polar surface area (TPSA) is 113 Å². The number of aliphatic hydroxyl groups is 5. The van der Waals surface area contributed by atoms with Crippen LogP contribution in [0, 0.1) is 0 Å². The molecule has 0 aliphatic carbocycles. The third-order valence-corrected chi connectivity index (χ3v) is 2.59. The molecule has 0 amide bonds. The molecule has 1 heterocycles. The third kappa shape index (κ3) is 2.22. The Morgan fingerprint density at radius 2 is 1.43 bits per heavy atom. The van der Waals surface area contributed by atoms with Gasteiger partial charge in [0.1, 0.15) is 6.10 Å². The highest BCUT2D eigenvalue weighted by Crippen LogP contribution is 2.17. The average Bonchev–Trinajstić information content (AvgIpc) is 2.19. The number of aliphatic hydroxyl groups excluding tert-OH is 5. The van der Waals surface area contributed by atoms with Gasteiger partial charge in [-0.2, -0.15) is 0 Å². The van der Waals surface area contributed by atoms with Crippen molar-refractivity contribution in [1.29, 1.82) is 0 Å². The summed E-state index contributed by atoms with van der Waals surface area (Å²) in [6.07, 6.45) is -3.34. The Morgan fingerprint density at radius 3 is 1.93 bits per heavy atom. The minimum absolute atomic E-state index is 0.129. The summed E-state index contributed by atoms with van der Waals surface area (Å²) in [5.74, 6) is 0. The molecule has 5 atom stereocenters. The summed E-state index contributed by atoms with van der Waals surface area (Å²) in [5, 5.41) is 48.6. The summed E-state index contributed by atoms with van der Waals surface area (Å²) in [6, 6.07) is -1.17. The van der Waals surface area contributed by atoms with E-state index in [-0.39, 0.29) is 19.6 Å². The van der Waals surface area contributed by atoms with E-state index in [4.69, 9.17) is 10.2 Å². The zero-order chi connectivity index (χ0) is 10.7.